The minimum atomic E-state index is -1.91. The number of aromatic nitrogens is 2. The summed E-state index contributed by atoms with van der Waals surface area (Å²) in [5, 5.41) is 12.0. The quantitative estimate of drug-likeness (QED) is 0.0501. The van der Waals surface area contributed by atoms with Crippen molar-refractivity contribution in [2.45, 2.75) is 175 Å². The van der Waals surface area contributed by atoms with Crippen molar-refractivity contribution in [2.24, 2.45) is 5.41 Å². The summed E-state index contributed by atoms with van der Waals surface area (Å²) < 4.78 is 24.0. The number of esters is 3. The lowest BCUT2D eigenvalue weighted by atomic mass is 9.77. The van der Waals surface area contributed by atoms with Gasteiger partial charge in [0, 0.05) is 68.6 Å². The summed E-state index contributed by atoms with van der Waals surface area (Å²) in [5.41, 5.74) is -1.03. The number of amides is 3. The van der Waals surface area contributed by atoms with Gasteiger partial charge in [0.15, 0.2) is 11.0 Å². The minimum absolute atomic E-state index is 0.0336. The average molecular weight is 984 g/mol. The first kappa shape index (κ1) is 53.0. The molecule has 17 heteroatoms. The molecule has 71 heavy (non-hydrogen) atoms. The number of carbonyl (C=O) groups excluding carboxylic acids is 6. The number of carbonyl (C=O) groups is 6. The van der Waals surface area contributed by atoms with E-state index in [1.54, 1.807) is 87.1 Å². The topological polar surface area (TPSA) is 204 Å². The number of pyridine rings is 2. The van der Waals surface area contributed by atoms with E-state index in [2.05, 4.69) is 0 Å². The predicted octanol–water partition coefficient (Wildman–Crippen LogP) is 7.48. The third kappa shape index (κ3) is 11.6. The number of rotatable bonds is 16. The van der Waals surface area contributed by atoms with Crippen molar-refractivity contribution in [2.75, 3.05) is 39.3 Å². The van der Waals surface area contributed by atoms with Gasteiger partial charge in [0.05, 0.1) is 29.0 Å². The molecule has 2 aromatic heterocycles. The first-order valence-electron chi connectivity index (χ1n) is 25.7. The fourth-order valence-electron chi connectivity index (χ4n) is 10.2. The zero-order valence-corrected chi connectivity index (χ0v) is 43.0. The number of aryl methyl sites for hydroxylation is 1. The molecule has 0 spiro atoms. The Labute approximate surface area is 416 Å². The maximum atomic E-state index is 13.7. The maximum absolute atomic E-state index is 13.7. The molecule has 2 saturated heterocycles. The number of benzene rings is 1. The number of piperidine rings is 1. The van der Waals surface area contributed by atoms with E-state index in [0.29, 0.717) is 81.2 Å². The monoisotopic (exact) mass is 984 g/mol. The second-order valence-corrected chi connectivity index (χ2v) is 21.6. The van der Waals surface area contributed by atoms with Gasteiger partial charge in [0.25, 0.3) is 5.56 Å². The van der Waals surface area contributed by atoms with Crippen molar-refractivity contribution in [3.05, 3.63) is 56.9 Å². The van der Waals surface area contributed by atoms with Gasteiger partial charge in [-0.05, 0) is 110 Å². The van der Waals surface area contributed by atoms with Crippen molar-refractivity contribution in [1.29, 1.82) is 0 Å². The summed E-state index contributed by atoms with van der Waals surface area (Å²) in [7, 11) is 0. The second kappa shape index (κ2) is 21.5. The number of hydrogen-bond donors (Lipinski definition) is 1. The number of fused-ring (bicyclic) bond motifs is 5. The zero-order chi connectivity index (χ0) is 51.5. The number of likely N-dealkylation sites (tertiary alicyclic amines) is 1. The number of cyclic esters (lactones) is 1. The predicted molar refractivity (Wildman–Crippen MR) is 264 cm³/mol. The molecule has 3 aromatic rings. The first-order valence-corrected chi connectivity index (χ1v) is 25.7. The van der Waals surface area contributed by atoms with Crippen molar-refractivity contribution in [1.82, 2.24) is 24.3 Å². The number of piperazine rings is 1. The van der Waals surface area contributed by atoms with Gasteiger partial charge in [-0.15, -0.1) is 0 Å². The highest BCUT2D eigenvalue weighted by atomic mass is 16.6. The normalized spacial score (nSPS) is 18.6. The third-order valence-corrected chi connectivity index (χ3v) is 14.3. The maximum Gasteiger partial charge on any atom is 0.415 e. The van der Waals surface area contributed by atoms with E-state index in [1.807, 2.05) is 11.8 Å². The van der Waals surface area contributed by atoms with Crippen LogP contribution in [0.25, 0.3) is 22.3 Å². The Morgan fingerprint density at radius 1 is 0.718 bits per heavy atom. The lowest BCUT2D eigenvalue weighted by molar-refractivity contribution is -0.190. The lowest BCUT2D eigenvalue weighted by Gasteiger charge is -2.40. The van der Waals surface area contributed by atoms with Crippen LogP contribution in [-0.4, -0.2) is 116 Å². The Morgan fingerprint density at radius 2 is 1.25 bits per heavy atom. The highest BCUT2D eigenvalue weighted by molar-refractivity contribution is 6.01. The molecule has 1 aromatic carbocycles. The fraction of sp³-hybridized carbons (Fsp3) is 0.630. The van der Waals surface area contributed by atoms with E-state index >= 15 is 0 Å². The van der Waals surface area contributed by atoms with E-state index in [0.717, 1.165) is 67.9 Å². The highest BCUT2D eigenvalue weighted by Crippen LogP contribution is 2.42. The summed E-state index contributed by atoms with van der Waals surface area (Å²) in [6.07, 6.45) is 9.05. The molecular formula is C54H73N5O12. The molecule has 1 atom stereocenters. The van der Waals surface area contributed by atoms with Crippen LogP contribution in [0.3, 0.4) is 0 Å². The molecule has 6 heterocycles. The summed E-state index contributed by atoms with van der Waals surface area (Å²) in [6, 6.07) is 6.98. The minimum Gasteiger partial charge on any atom is -0.459 e. The molecule has 4 aliphatic rings. The molecule has 7 rings (SSSR count). The molecule has 2 fully saturated rings. The standard InChI is InChI=1S/C54H73N5O12/c1-9-36-37-31-35(21-22-41(37)55-45-38(36)33-59-42(45)32-40-39(46(59)62)34-68-49(65)54(40,67)10-2)69-50(66)58-29-27-57(28-30-58)44(61)20-18-16-14-12-11-13-15-17-19-43(60)56-25-23-53(24-26-56,47(63)70-51(3,4)5)48(64)71-52(6,7)8/h21-22,31-32,67H,9-20,23-30,33-34H2,1-8H3/t54-/m0/s1. The van der Waals surface area contributed by atoms with Crippen LogP contribution in [0, 0.1) is 5.41 Å². The molecule has 0 saturated carbocycles. The van der Waals surface area contributed by atoms with Gasteiger partial charge in [-0.2, -0.15) is 0 Å². The Hall–Kier alpha value is -5.84. The molecular weight excluding hydrogens is 911 g/mol. The lowest BCUT2D eigenvalue weighted by Crippen LogP contribution is -2.53. The molecule has 0 unspecified atom stereocenters. The SMILES string of the molecule is CCc1c2c(nc3ccc(OC(=O)N4CCN(C(=O)CCCCCCCCCCC(=O)N5CCC(C(=O)OC(C)(C)C)(C(=O)OC(C)(C)C)CC5)CC4)cc13)-c1cc3c(c(=O)n1C2)COC(=O)[C@]3(O)CC. The number of unbranched alkanes of at least 4 members (excludes halogenated alkanes) is 7. The van der Waals surface area contributed by atoms with Crippen LogP contribution in [0.2, 0.25) is 0 Å². The summed E-state index contributed by atoms with van der Waals surface area (Å²) in [4.78, 5) is 103. The number of ether oxygens (including phenoxy) is 4. The molecule has 0 aliphatic carbocycles. The molecule has 0 bridgehead atoms. The van der Waals surface area contributed by atoms with Crippen LogP contribution < -0.4 is 10.3 Å². The van der Waals surface area contributed by atoms with Crippen molar-refractivity contribution in [3.8, 4) is 17.1 Å². The van der Waals surface area contributed by atoms with E-state index < -0.39 is 46.2 Å². The molecule has 3 amide bonds. The molecule has 0 radical (unpaired) electrons. The zero-order valence-electron chi connectivity index (χ0n) is 43.0. The van der Waals surface area contributed by atoms with Crippen molar-refractivity contribution < 1.29 is 52.8 Å². The number of aliphatic hydroxyl groups is 1. The van der Waals surface area contributed by atoms with Gasteiger partial charge in [-0.1, -0.05) is 52.4 Å². The molecule has 1 N–H and O–H groups in total. The van der Waals surface area contributed by atoms with Crippen molar-refractivity contribution in [3.63, 3.8) is 0 Å². The average Bonchev–Trinajstić information content (AvgIpc) is 3.69. The van der Waals surface area contributed by atoms with Gasteiger partial charge < -0.3 is 43.3 Å². The number of hydrogen-bond acceptors (Lipinski definition) is 13. The fourth-order valence-corrected chi connectivity index (χ4v) is 10.2. The van der Waals surface area contributed by atoms with Gasteiger partial charge in [-0.25, -0.2) is 14.6 Å². The first-order chi connectivity index (χ1) is 33.6. The summed E-state index contributed by atoms with van der Waals surface area (Å²) in [5.74, 6) is -1.47. The van der Waals surface area contributed by atoms with E-state index in [-0.39, 0.29) is 60.9 Å². The smallest absolute Gasteiger partial charge is 0.415 e. The van der Waals surface area contributed by atoms with Gasteiger partial charge >= 0.3 is 24.0 Å². The Balaban J connectivity index is 0.788. The van der Waals surface area contributed by atoms with E-state index in [4.69, 9.17) is 23.9 Å². The van der Waals surface area contributed by atoms with Crippen LogP contribution in [0.4, 0.5) is 4.79 Å². The largest absolute Gasteiger partial charge is 0.459 e. The van der Waals surface area contributed by atoms with E-state index in [1.165, 1.54) is 0 Å². The summed E-state index contributed by atoms with van der Waals surface area (Å²) >= 11 is 0. The summed E-state index contributed by atoms with van der Waals surface area (Å²) in [6.45, 7) is 16.5. The third-order valence-electron chi connectivity index (χ3n) is 14.3. The second-order valence-electron chi connectivity index (χ2n) is 21.6. The number of nitrogens with zero attached hydrogens (tertiary/aromatic N) is 5. The van der Waals surface area contributed by atoms with Crippen LogP contribution in [0.5, 0.6) is 5.75 Å². The Bertz CT molecular complexity index is 2560. The van der Waals surface area contributed by atoms with Gasteiger partial charge in [0.1, 0.15) is 23.6 Å². The molecule has 17 nitrogen and oxygen atoms in total. The molecule has 386 valence electrons. The Kier molecular flexibility index (Phi) is 16.0. The Morgan fingerprint density at radius 3 is 1.79 bits per heavy atom. The van der Waals surface area contributed by atoms with E-state index in [9.17, 15) is 38.7 Å². The van der Waals surface area contributed by atoms with Gasteiger partial charge in [-0.3, -0.25) is 24.0 Å². The van der Waals surface area contributed by atoms with Crippen LogP contribution >= 0.6 is 0 Å². The van der Waals surface area contributed by atoms with Crippen molar-refractivity contribution >= 4 is 46.7 Å². The van der Waals surface area contributed by atoms with Crippen LogP contribution in [-0.2, 0) is 63.4 Å². The highest BCUT2D eigenvalue weighted by Gasteiger charge is 2.53. The van der Waals surface area contributed by atoms with Crippen LogP contribution in [0.1, 0.15) is 161 Å². The molecule has 4 aliphatic heterocycles. The van der Waals surface area contributed by atoms with Crippen LogP contribution in [0.15, 0.2) is 29.1 Å². The van der Waals surface area contributed by atoms with Gasteiger partial charge in [0.2, 0.25) is 11.8 Å².